The van der Waals surface area contributed by atoms with Gasteiger partial charge in [-0.1, -0.05) is 31.2 Å². The maximum Gasteiger partial charge on any atom is 0.338 e. The molecule has 1 fully saturated rings. The maximum absolute atomic E-state index is 11.7. The van der Waals surface area contributed by atoms with E-state index in [0.717, 1.165) is 49.5 Å². The molecule has 2 atom stereocenters. The number of carbonyl (C=O) groups excluding carboxylic acids is 1. The highest BCUT2D eigenvalue weighted by Gasteiger charge is 2.25. The number of aromatic nitrogens is 4. The van der Waals surface area contributed by atoms with E-state index >= 15 is 0 Å². The zero-order chi connectivity index (χ0) is 22.8. The molecular weight excluding hydrogens is 420 g/mol. The van der Waals surface area contributed by atoms with Crippen molar-refractivity contribution in [3.8, 4) is 5.69 Å². The van der Waals surface area contributed by atoms with Crippen LogP contribution in [0.25, 0.3) is 5.69 Å². The summed E-state index contributed by atoms with van der Waals surface area (Å²) < 4.78 is 6.73. The SMILES string of the molecule is CC(CN1CCN(C(O)Cc2ccc(-n3cnnn3)cc2)CC1)c1ccc2c(c1)COC2=O. The first-order valence-corrected chi connectivity index (χ1v) is 11.3. The number of ether oxygens (including phenoxy) is 1. The summed E-state index contributed by atoms with van der Waals surface area (Å²) in [6.07, 6.45) is 1.64. The molecule has 33 heavy (non-hydrogen) atoms. The normalized spacial score (nSPS) is 18.7. The summed E-state index contributed by atoms with van der Waals surface area (Å²) in [6.45, 7) is 7.08. The summed E-state index contributed by atoms with van der Waals surface area (Å²) in [5, 5.41) is 22.0. The minimum atomic E-state index is -0.502. The van der Waals surface area contributed by atoms with Gasteiger partial charge in [-0.15, -0.1) is 5.10 Å². The number of piperazine rings is 1. The molecule has 2 aliphatic heterocycles. The molecule has 9 heteroatoms. The predicted octanol–water partition coefficient (Wildman–Crippen LogP) is 1.61. The van der Waals surface area contributed by atoms with Gasteiger partial charge in [-0.3, -0.25) is 4.90 Å². The average molecular weight is 449 g/mol. The number of tetrazole rings is 1. The number of hydrogen-bond donors (Lipinski definition) is 1. The van der Waals surface area contributed by atoms with Crippen LogP contribution in [-0.2, 0) is 17.8 Å². The third kappa shape index (κ3) is 4.80. The highest BCUT2D eigenvalue weighted by molar-refractivity contribution is 5.93. The highest BCUT2D eigenvalue weighted by Crippen LogP contribution is 2.26. The Kier molecular flexibility index (Phi) is 6.17. The molecule has 3 heterocycles. The molecule has 1 saturated heterocycles. The summed E-state index contributed by atoms with van der Waals surface area (Å²) in [4.78, 5) is 16.3. The Hall–Kier alpha value is -3.14. The molecule has 2 aromatic carbocycles. The van der Waals surface area contributed by atoms with Crippen molar-refractivity contribution in [3.63, 3.8) is 0 Å². The highest BCUT2D eigenvalue weighted by atomic mass is 16.5. The molecule has 0 radical (unpaired) electrons. The number of fused-ring (bicyclic) bond motifs is 1. The van der Waals surface area contributed by atoms with Crippen molar-refractivity contribution in [2.45, 2.75) is 32.1 Å². The fraction of sp³-hybridized carbons (Fsp3) is 0.417. The van der Waals surface area contributed by atoms with Crippen LogP contribution in [0.15, 0.2) is 48.8 Å². The van der Waals surface area contributed by atoms with Crippen LogP contribution < -0.4 is 0 Å². The van der Waals surface area contributed by atoms with Crippen LogP contribution in [0.4, 0.5) is 0 Å². The molecule has 1 aromatic heterocycles. The first kappa shape index (κ1) is 21.7. The number of hydrogen-bond acceptors (Lipinski definition) is 8. The van der Waals surface area contributed by atoms with Gasteiger partial charge in [-0.2, -0.15) is 0 Å². The quantitative estimate of drug-likeness (QED) is 0.545. The van der Waals surface area contributed by atoms with Gasteiger partial charge in [0.2, 0.25) is 0 Å². The molecule has 3 aromatic rings. The summed E-state index contributed by atoms with van der Waals surface area (Å²) >= 11 is 0. The summed E-state index contributed by atoms with van der Waals surface area (Å²) in [7, 11) is 0. The number of nitrogens with zero attached hydrogens (tertiary/aromatic N) is 6. The molecule has 0 saturated carbocycles. The van der Waals surface area contributed by atoms with Crippen LogP contribution in [0.5, 0.6) is 0 Å². The Morgan fingerprint density at radius 1 is 1.09 bits per heavy atom. The monoisotopic (exact) mass is 448 g/mol. The lowest BCUT2D eigenvalue weighted by molar-refractivity contribution is -0.0249. The second kappa shape index (κ2) is 9.38. The molecule has 1 N–H and O–H groups in total. The molecule has 0 bridgehead atoms. The van der Waals surface area contributed by atoms with E-state index in [1.807, 2.05) is 36.4 Å². The van der Waals surface area contributed by atoms with Crippen molar-refractivity contribution >= 4 is 5.97 Å². The summed E-state index contributed by atoms with van der Waals surface area (Å²) in [5.74, 6) is 0.142. The molecule has 0 aliphatic carbocycles. The van der Waals surface area contributed by atoms with Crippen LogP contribution in [0, 0.1) is 0 Å². The molecule has 172 valence electrons. The maximum atomic E-state index is 11.7. The van der Waals surface area contributed by atoms with Gasteiger partial charge in [0.15, 0.2) is 0 Å². The van der Waals surface area contributed by atoms with E-state index < -0.39 is 6.23 Å². The fourth-order valence-corrected chi connectivity index (χ4v) is 4.60. The lowest BCUT2D eigenvalue weighted by Crippen LogP contribution is -2.51. The van der Waals surface area contributed by atoms with Gasteiger partial charge in [0, 0.05) is 44.7 Å². The van der Waals surface area contributed by atoms with E-state index in [2.05, 4.69) is 38.3 Å². The lowest BCUT2D eigenvalue weighted by atomic mass is 9.96. The topological polar surface area (TPSA) is 96.6 Å². The Bertz CT molecular complexity index is 1090. The number of cyclic esters (lactones) is 1. The first-order valence-electron chi connectivity index (χ1n) is 11.3. The Labute approximate surface area is 192 Å². The van der Waals surface area contributed by atoms with Crippen molar-refractivity contribution in [2.75, 3.05) is 32.7 Å². The molecule has 9 nitrogen and oxygen atoms in total. The molecule has 2 unspecified atom stereocenters. The van der Waals surface area contributed by atoms with Crippen molar-refractivity contribution < 1.29 is 14.6 Å². The number of esters is 1. The van der Waals surface area contributed by atoms with Gasteiger partial charge < -0.3 is 14.7 Å². The largest absolute Gasteiger partial charge is 0.457 e. The van der Waals surface area contributed by atoms with Crippen molar-refractivity contribution in [2.24, 2.45) is 0 Å². The van der Waals surface area contributed by atoms with Gasteiger partial charge in [0.25, 0.3) is 0 Å². The lowest BCUT2D eigenvalue weighted by Gasteiger charge is -2.38. The van der Waals surface area contributed by atoms with Crippen LogP contribution >= 0.6 is 0 Å². The second-order valence-corrected chi connectivity index (χ2v) is 8.84. The Morgan fingerprint density at radius 3 is 2.61 bits per heavy atom. The van der Waals surface area contributed by atoms with Gasteiger partial charge >= 0.3 is 5.97 Å². The smallest absolute Gasteiger partial charge is 0.338 e. The average Bonchev–Trinajstić information content (AvgIpc) is 3.50. The number of carbonyl (C=O) groups is 1. The first-order chi connectivity index (χ1) is 16.1. The fourth-order valence-electron chi connectivity index (χ4n) is 4.60. The second-order valence-electron chi connectivity index (χ2n) is 8.84. The van der Waals surface area contributed by atoms with Crippen molar-refractivity contribution in [1.82, 2.24) is 30.0 Å². The molecule has 0 spiro atoms. The third-order valence-corrected chi connectivity index (χ3v) is 6.61. The molecule has 2 aliphatic rings. The minimum Gasteiger partial charge on any atom is -0.457 e. The summed E-state index contributed by atoms with van der Waals surface area (Å²) in [5.41, 5.74) is 4.89. The van der Waals surface area contributed by atoms with Gasteiger partial charge in [0.05, 0.1) is 11.3 Å². The summed E-state index contributed by atoms with van der Waals surface area (Å²) in [6, 6.07) is 14.0. The van der Waals surface area contributed by atoms with Gasteiger partial charge in [0.1, 0.15) is 19.2 Å². The zero-order valence-electron chi connectivity index (χ0n) is 18.7. The van der Waals surface area contributed by atoms with Gasteiger partial charge in [-0.25, -0.2) is 9.48 Å². The molecule has 5 rings (SSSR count). The number of aliphatic hydroxyl groups is 1. The third-order valence-electron chi connectivity index (χ3n) is 6.61. The van der Waals surface area contributed by atoms with E-state index in [9.17, 15) is 9.90 Å². The van der Waals surface area contributed by atoms with Crippen LogP contribution in [0.2, 0.25) is 0 Å². The van der Waals surface area contributed by atoms with E-state index in [1.165, 1.54) is 5.56 Å². The van der Waals surface area contributed by atoms with Crippen molar-refractivity contribution in [3.05, 3.63) is 71.0 Å². The van der Waals surface area contributed by atoms with Crippen LogP contribution in [0.3, 0.4) is 0 Å². The standard InChI is InChI=1S/C24H28N6O3/c1-17(19-4-7-22-20(13-19)15-33-24(22)32)14-28-8-10-29(11-9-28)23(31)12-18-2-5-21(6-3-18)30-16-25-26-27-30/h2-7,13,16-17,23,31H,8-12,14-15H2,1H3. The van der Waals surface area contributed by atoms with E-state index in [1.54, 1.807) is 11.0 Å². The number of aliphatic hydroxyl groups excluding tert-OH is 1. The number of benzene rings is 2. The Morgan fingerprint density at radius 2 is 1.88 bits per heavy atom. The zero-order valence-corrected chi connectivity index (χ0v) is 18.7. The molecular formula is C24H28N6O3. The van der Waals surface area contributed by atoms with Gasteiger partial charge in [-0.05, 0) is 45.7 Å². The number of rotatable bonds is 7. The van der Waals surface area contributed by atoms with E-state index in [0.29, 0.717) is 24.5 Å². The van der Waals surface area contributed by atoms with E-state index in [4.69, 9.17) is 4.74 Å². The molecule has 0 amide bonds. The Balaban J connectivity index is 1.11. The van der Waals surface area contributed by atoms with Crippen LogP contribution in [0.1, 0.15) is 39.9 Å². The van der Waals surface area contributed by atoms with Crippen molar-refractivity contribution in [1.29, 1.82) is 0 Å². The predicted molar refractivity (Wildman–Crippen MR) is 121 cm³/mol. The van der Waals surface area contributed by atoms with Crippen LogP contribution in [-0.4, -0.2) is 80.0 Å². The van der Waals surface area contributed by atoms with E-state index in [-0.39, 0.29) is 5.97 Å². The minimum absolute atomic E-state index is 0.220.